The molecule has 0 bridgehead atoms. The Morgan fingerprint density at radius 1 is 1.53 bits per heavy atom. The number of hydrogen-bond acceptors (Lipinski definition) is 3. The van der Waals surface area contributed by atoms with Crippen molar-refractivity contribution < 1.29 is 4.79 Å². The molecule has 17 heavy (non-hydrogen) atoms. The third-order valence-electron chi connectivity index (χ3n) is 2.35. The van der Waals surface area contributed by atoms with Crippen molar-refractivity contribution in [1.82, 2.24) is 24.9 Å². The molecule has 0 unspecified atom stereocenters. The minimum absolute atomic E-state index is 0.170. The second kappa shape index (κ2) is 4.86. The highest BCUT2D eigenvalue weighted by atomic mass is 127. The summed E-state index contributed by atoms with van der Waals surface area (Å²) in [6.45, 7) is 0.446. The van der Waals surface area contributed by atoms with Gasteiger partial charge in [0.05, 0.1) is 15.8 Å². The Labute approximate surface area is 112 Å². The van der Waals surface area contributed by atoms with Gasteiger partial charge in [-0.2, -0.15) is 10.2 Å². The van der Waals surface area contributed by atoms with Crippen LogP contribution in [0.5, 0.6) is 0 Å². The van der Waals surface area contributed by atoms with E-state index in [4.69, 9.17) is 0 Å². The van der Waals surface area contributed by atoms with Gasteiger partial charge in [-0.3, -0.25) is 14.2 Å². The summed E-state index contributed by atoms with van der Waals surface area (Å²) in [5.74, 6) is -0.170. The van der Waals surface area contributed by atoms with Gasteiger partial charge in [0.2, 0.25) is 0 Å². The first-order valence-electron chi connectivity index (χ1n) is 5.02. The van der Waals surface area contributed by atoms with E-state index in [1.165, 1.54) is 0 Å². The molecule has 0 spiro atoms. The molecule has 1 amide bonds. The van der Waals surface area contributed by atoms with E-state index in [9.17, 15) is 4.79 Å². The maximum Gasteiger partial charge on any atom is 0.273 e. The number of halogens is 1. The van der Waals surface area contributed by atoms with Gasteiger partial charge in [0.15, 0.2) is 5.69 Å². The highest BCUT2D eigenvalue weighted by Gasteiger charge is 2.14. The zero-order chi connectivity index (χ0) is 12.4. The molecule has 2 aromatic heterocycles. The van der Waals surface area contributed by atoms with Crippen molar-refractivity contribution in [3.63, 3.8) is 0 Å². The lowest BCUT2D eigenvalue weighted by Crippen LogP contribution is -2.25. The number of carbonyl (C=O) groups is 1. The Morgan fingerprint density at radius 2 is 2.29 bits per heavy atom. The number of carbonyl (C=O) groups excluding carboxylic acids is 1. The van der Waals surface area contributed by atoms with E-state index in [-0.39, 0.29) is 5.91 Å². The van der Waals surface area contributed by atoms with Gasteiger partial charge >= 0.3 is 0 Å². The molecule has 0 atom stereocenters. The molecule has 0 radical (unpaired) electrons. The summed E-state index contributed by atoms with van der Waals surface area (Å²) in [6, 6.07) is 1.86. The fourth-order valence-electron chi connectivity index (χ4n) is 1.44. The van der Waals surface area contributed by atoms with E-state index in [0.717, 1.165) is 9.26 Å². The van der Waals surface area contributed by atoms with E-state index in [1.807, 2.05) is 13.1 Å². The molecular formula is C10H12IN5O. The quantitative estimate of drug-likeness (QED) is 0.833. The molecule has 0 aliphatic rings. The predicted molar refractivity (Wildman–Crippen MR) is 70.3 cm³/mol. The molecule has 2 heterocycles. The Balaban J connectivity index is 2.03. The van der Waals surface area contributed by atoms with Crippen LogP contribution in [0.4, 0.5) is 0 Å². The third kappa shape index (κ3) is 2.65. The second-order valence-corrected chi connectivity index (χ2v) is 4.79. The molecule has 2 aromatic rings. The Morgan fingerprint density at radius 3 is 2.82 bits per heavy atom. The van der Waals surface area contributed by atoms with E-state index >= 15 is 0 Å². The smallest absolute Gasteiger partial charge is 0.273 e. The second-order valence-electron chi connectivity index (χ2n) is 3.63. The van der Waals surface area contributed by atoms with Crippen molar-refractivity contribution in [3.05, 3.63) is 33.4 Å². The van der Waals surface area contributed by atoms with Crippen LogP contribution in [0.25, 0.3) is 0 Å². The highest BCUT2D eigenvalue weighted by Crippen LogP contribution is 2.09. The fraction of sp³-hybridized carbons (Fsp3) is 0.300. The number of amides is 1. The van der Waals surface area contributed by atoms with E-state index in [0.29, 0.717) is 12.2 Å². The summed E-state index contributed by atoms with van der Waals surface area (Å²) in [5, 5.41) is 11.0. The summed E-state index contributed by atoms with van der Waals surface area (Å²) in [7, 11) is 3.63. The maximum atomic E-state index is 11.9. The van der Waals surface area contributed by atoms with Gasteiger partial charge in [-0.15, -0.1) is 0 Å². The summed E-state index contributed by atoms with van der Waals surface area (Å²) in [5.41, 5.74) is 1.40. The topological polar surface area (TPSA) is 64.7 Å². The number of hydrogen-bond donors (Lipinski definition) is 1. The predicted octanol–water partition coefficient (Wildman–Crippen LogP) is 0.688. The summed E-state index contributed by atoms with van der Waals surface area (Å²) < 4.78 is 4.19. The Bertz CT molecular complexity index is 545. The molecular weight excluding hydrogens is 333 g/mol. The fourth-order valence-corrected chi connectivity index (χ4v) is 2.20. The van der Waals surface area contributed by atoms with E-state index in [1.54, 1.807) is 28.8 Å². The van der Waals surface area contributed by atoms with Crippen LogP contribution < -0.4 is 5.32 Å². The lowest BCUT2D eigenvalue weighted by molar-refractivity contribution is 0.0943. The van der Waals surface area contributed by atoms with Crippen LogP contribution in [-0.4, -0.2) is 25.5 Å². The molecule has 1 N–H and O–H groups in total. The normalized spacial score (nSPS) is 10.5. The van der Waals surface area contributed by atoms with Crippen LogP contribution in [0.1, 0.15) is 16.2 Å². The number of nitrogens with one attached hydrogen (secondary N) is 1. The van der Waals surface area contributed by atoms with Gasteiger partial charge in [-0.1, -0.05) is 0 Å². The third-order valence-corrected chi connectivity index (χ3v) is 3.14. The molecule has 0 aliphatic carbocycles. The van der Waals surface area contributed by atoms with Crippen molar-refractivity contribution in [2.75, 3.05) is 0 Å². The van der Waals surface area contributed by atoms with Crippen molar-refractivity contribution in [2.24, 2.45) is 14.1 Å². The first-order chi connectivity index (χ1) is 8.08. The molecule has 0 fully saturated rings. The van der Waals surface area contributed by atoms with Gasteiger partial charge in [0.25, 0.3) is 5.91 Å². The van der Waals surface area contributed by atoms with Gasteiger partial charge < -0.3 is 5.32 Å². The average molecular weight is 345 g/mol. The van der Waals surface area contributed by atoms with Crippen LogP contribution in [0.2, 0.25) is 0 Å². The first-order valence-corrected chi connectivity index (χ1v) is 6.10. The zero-order valence-electron chi connectivity index (χ0n) is 9.51. The molecule has 0 saturated carbocycles. The Kier molecular flexibility index (Phi) is 3.46. The lowest BCUT2D eigenvalue weighted by Gasteiger charge is -2.03. The lowest BCUT2D eigenvalue weighted by atomic mass is 10.3. The monoisotopic (exact) mass is 345 g/mol. The maximum absolute atomic E-state index is 11.9. The first kappa shape index (κ1) is 12.1. The number of aryl methyl sites for hydroxylation is 2. The van der Waals surface area contributed by atoms with E-state index < -0.39 is 0 Å². The van der Waals surface area contributed by atoms with Crippen LogP contribution in [0.3, 0.4) is 0 Å². The average Bonchev–Trinajstić information content (AvgIpc) is 2.81. The van der Waals surface area contributed by atoms with Crippen LogP contribution in [-0.2, 0) is 20.6 Å². The zero-order valence-corrected chi connectivity index (χ0v) is 11.7. The summed E-state index contributed by atoms with van der Waals surface area (Å²) in [4.78, 5) is 11.9. The number of nitrogens with zero attached hydrogens (tertiary/aromatic N) is 4. The highest BCUT2D eigenvalue weighted by molar-refractivity contribution is 14.1. The van der Waals surface area contributed by atoms with Gasteiger partial charge in [0.1, 0.15) is 0 Å². The largest absolute Gasteiger partial charge is 0.345 e. The van der Waals surface area contributed by atoms with Crippen molar-refractivity contribution >= 4 is 28.5 Å². The van der Waals surface area contributed by atoms with Crippen LogP contribution >= 0.6 is 22.6 Å². The minimum atomic E-state index is -0.170. The van der Waals surface area contributed by atoms with Gasteiger partial charge in [0, 0.05) is 26.5 Å². The Hall–Kier alpha value is -1.38. The van der Waals surface area contributed by atoms with Gasteiger partial charge in [-0.05, 0) is 28.7 Å². The molecule has 0 aromatic carbocycles. The van der Waals surface area contributed by atoms with Crippen molar-refractivity contribution in [1.29, 1.82) is 0 Å². The summed E-state index contributed by atoms with van der Waals surface area (Å²) in [6.07, 6.45) is 3.51. The van der Waals surface area contributed by atoms with Crippen molar-refractivity contribution in [2.45, 2.75) is 6.54 Å². The number of aromatic nitrogens is 4. The SMILES string of the molecule is Cn1cc(I)c(C(=O)NCc2ccnn2C)n1. The van der Waals surface area contributed by atoms with Crippen LogP contribution in [0, 0.1) is 3.57 Å². The standard InChI is InChI=1S/C10H12IN5O/c1-15-6-8(11)9(14-15)10(17)12-5-7-3-4-13-16(7)2/h3-4,6H,5H2,1-2H3,(H,12,17). The minimum Gasteiger partial charge on any atom is -0.345 e. The molecule has 90 valence electrons. The molecule has 0 aliphatic heterocycles. The summed E-state index contributed by atoms with van der Waals surface area (Å²) >= 11 is 2.09. The molecule has 7 heteroatoms. The van der Waals surface area contributed by atoms with Gasteiger partial charge in [-0.25, -0.2) is 0 Å². The van der Waals surface area contributed by atoms with Crippen LogP contribution in [0.15, 0.2) is 18.5 Å². The molecule has 2 rings (SSSR count). The van der Waals surface area contributed by atoms with Crippen molar-refractivity contribution in [3.8, 4) is 0 Å². The van der Waals surface area contributed by atoms with E-state index in [2.05, 4.69) is 38.1 Å². The molecule has 6 nitrogen and oxygen atoms in total. The molecule has 0 saturated heterocycles. The number of rotatable bonds is 3.